The molecule has 2 rings (SSSR count). The van der Waals surface area contributed by atoms with Gasteiger partial charge in [0.15, 0.2) is 0 Å². The number of rotatable bonds is 4. The molecule has 0 bridgehead atoms. The smallest absolute Gasteiger partial charge is 0.254 e. The zero-order valence-corrected chi connectivity index (χ0v) is 14.5. The maximum Gasteiger partial charge on any atom is 0.254 e. The Hall–Kier alpha value is -1.64. The summed E-state index contributed by atoms with van der Waals surface area (Å²) in [7, 11) is -0.787. The van der Waals surface area contributed by atoms with Gasteiger partial charge in [0.05, 0.1) is 29.8 Å². The summed E-state index contributed by atoms with van der Waals surface area (Å²) in [6.45, 7) is 4.24. The van der Waals surface area contributed by atoms with Gasteiger partial charge in [-0.2, -0.15) is 4.31 Å². The van der Waals surface area contributed by atoms with Gasteiger partial charge in [0.2, 0.25) is 10.0 Å². The van der Waals surface area contributed by atoms with Gasteiger partial charge >= 0.3 is 0 Å². The van der Waals surface area contributed by atoms with Gasteiger partial charge in [-0.3, -0.25) is 4.79 Å². The van der Waals surface area contributed by atoms with E-state index in [4.69, 9.17) is 9.47 Å². The second kappa shape index (κ2) is 6.86. The molecule has 2 atom stereocenters. The Morgan fingerprint density at radius 2 is 1.91 bits per heavy atom. The summed E-state index contributed by atoms with van der Waals surface area (Å²) in [5, 5.41) is 2.48. The Balaban J connectivity index is 2.42. The molecule has 1 aliphatic rings. The van der Waals surface area contributed by atoms with Crippen molar-refractivity contribution in [2.45, 2.75) is 31.0 Å². The maximum absolute atomic E-state index is 12.8. The lowest BCUT2D eigenvalue weighted by Crippen LogP contribution is -2.48. The van der Waals surface area contributed by atoms with E-state index < -0.39 is 15.9 Å². The predicted molar refractivity (Wildman–Crippen MR) is 85.2 cm³/mol. The zero-order valence-electron chi connectivity index (χ0n) is 13.7. The third-order valence-corrected chi connectivity index (χ3v) is 5.49. The first kappa shape index (κ1) is 17.7. The number of hydrogen-bond acceptors (Lipinski definition) is 5. The van der Waals surface area contributed by atoms with Crippen molar-refractivity contribution in [3.63, 3.8) is 0 Å². The predicted octanol–water partition coefficient (Wildman–Crippen LogP) is 0.853. The summed E-state index contributed by atoms with van der Waals surface area (Å²) < 4.78 is 37.8. The molecule has 1 aliphatic heterocycles. The van der Waals surface area contributed by atoms with E-state index in [2.05, 4.69) is 5.32 Å². The van der Waals surface area contributed by atoms with E-state index in [9.17, 15) is 13.2 Å². The minimum absolute atomic E-state index is 0.0678. The molecule has 8 heteroatoms. The second-order valence-corrected chi connectivity index (χ2v) is 7.46. The topological polar surface area (TPSA) is 84.9 Å². The first-order chi connectivity index (χ1) is 10.8. The largest absolute Gasteiger partial charge is 0.496 e. The van der Waals surface area contributed by atoms with Crippen molar-refractivity contribution in [3.8, 4) is 5.75 Å². The summed E-state index contributed by atoms with van der Waals surface area (Å²) in [5.74, 6) is -0.0744. The van der Waals surface area contributed by atoms with E-state index in [0.717, 1.165) is 0 Å². The van der Waals surface area contributed by atoms with Crippen LogP contribution in [0.1, 0.15) is 24.2 Å². The highest BCUT2D eigenvalue weighted by atomic mass is 32.2. The molecule has 1 fully saturated rings. The van der Waals surface area contributed by atoms with Gasteiger partial charge in [-0.1, -0.05) is 0 Å². The normalized spacial score (nSPS) is 22.6. The monoisotopic (exact) mass is 342 g/mol. The van der Waals surface area contributed by atoms with Crippen LogP contribution in [0.4, 0.5) is 0 Å². The molecule has 1 N–H and O–H groups in total. The summed E-state index contributed by atoms with van der Waals surface area (Å²) >= 11 is 0. The highest BCUT2D eigenvalue weighted by Gasteiger charge is 2.32. The highest BCUT2D eigenvalue weighted by molar-refractivity contribution is 7.89. The van der Waals surface area contributed by atoms with Crippen molar-refractivity contribution in [2.75, 3.05) is 27.2 Å². The van der Waals surface area contributed by atoms with Crippen LogP contribution in [0.15, 0.2) is 23.1 Å². The van der Waals surface area contributed by atoms with Crippen molar-refractivity contribution < 1.29 is 22.7 Å². The molecule has 23 heavy (non-hydrogen) atoms. The lowest BCUT2D eigenvalue weighted by molar-refractivity contribution is -0.0440. The van der Waals surface area contributed by atoms with E-state index in [1.165, 1.54) is 36.7 Å². The average molecular weight is 342 g/mol. The molecule has 1 aromatic carbocycles. The molecule has 7 nitrogen and oxygen atoms in total. The van der Waals surface area contributed by atoms with Crippen molar-refractivity contribution >= 4 is 15.9 Å². The summed E-state index contributed by atoms with van der Waals surface area (Å²) in [6, 6.07) is 4.29. The summed E-state index contributed by atoms with van der Waals surface area (Å²) in [6.07, 6.45) is -0.352. The number of nitrogens with one attached hydrogen (secondary N) is 1. The van der Waals surface area contributed by atoms with Gasteiger partial charge in [-0.05, 0) is 32.0 Å². The Labute approximate surface area is 136 Å². The lowest BCUT2D eigenvalue weighted by Gasteiger charge is -2.34. The number of carbonyl (C=O) groups excluding carboxylic acids is 1. The lowest BCUT2D eigenvalue weighted by atomic mass is 10.2. The van der Waals surface area contributed by atoms with Crippen molar-refractivity contribution in [1.82, 2.24) is 9.62 Å². The molecular formula is C15H22N2O5S. The third kappa shape index (κ3) is 3.65. The van der Waals surface area contributed by atoms with Crippen LogP contribution in [-0.2, 0) is 14.8 Å². The molecule has 1 aromatic rings. The SMILES string of the molecule is CNC(=O)c1cc(S(=O)(=O)N2C[C@@H](C)O[C@@H](C)C2)ccc1OC. The molecule has 128 valence electrons. The first-order valence-electron chi connectivity index (χ1n) is 7.35. The molecule has 1 amide bonds. The molecule has 0 radical (unpaired) electrons. The molecule has 0 aromatic heterocycles. The van der Waals surface area contributed by atoms with Crippen molar-refractivity contribution in [2.24, 2.45) is 0 Å². The minimum Gasteiger partial charge on any atom is -0.496 e. The number of carbonyl (C=O) groups is 1. The molecule has 1 saturated heterocycles. The number of methoxy groups -OCH3 is 1. The van der Waals surface area contributed by atoms with Gasteiger partial charge in [0.1, 0.15) is 5.75 Å². The number of ether oxygens (including phenoxy) is 2. The zero-order chi connectivity index (χ0) is 17.2. The van der Waals surface area contributed by atoms with E-state index in [1.807, 2.05) is 13.8 Å². The maximum atomic E-state index is 12.8. The van der Waals surface area contributed by atoms with Crippen LogP contribution < -0.4 is 10.1 Å². The quantitative estimate of drug-likeness (QED) is 0.877. The average Bonchev–Trinajstić information content (AvgIpc) is 2.52. The number of nitrogens with zero attached hydrogens (tertiary/aromatic N) is 1. The molecule has 0 unspecified atom stereocenters. The standard InChI is InChI=1S/C15H22N2O5S/c1-10-8-17(9-11(2)22-10)23(19,20)12-5-6-14(21-4)13(7-12)15(18)16-3/h5-7,10-11H,8-9H2,1-4H3,(H,16,18)/t10-,11+. The van der Waals surface area contributed by atoms with Gasteiger partial charge in [0.25, 0.3) is 5.91 Å². The van der Waals surface area contributed by atoms with E-state index >= 15 is 0 Å². The van der Waals surface area contributed by atoms with Gasteiger partial charge in [0, 0.05) is 20.1 Å². The number of amides is 1. The van der Waals surface area contributed by atoms with Crippen LogP contribution in [0, 0.1) is 0 Å². The Morgan fingerprint density at radius 1 is 1.30 bits per heavy atom. The Bertz CT molecular complexity index is 679. The van der Waals surface area contributed by atoms with Crippen LogP contribution in [0.25, 0.3) is 0 Å². The van der Waals surface area contributed by atoms with Crippen LogP contribution in [0.3, 0.4) is 0 Å². The minimum atomic E-state index is -3.70. The summed E-state index contributed by atoms with van der Waals surface area (Å²) in [4.78, 5) is 12.0. The number of morpholine rings is 1. The summed E-state index contributed by atoms with van der Waals surface area (Å²) in [5.41, 5.74) is 0.186. The van der Waals surface area contributed by atoms with E-state index in [0.29, 0.717) is 5.75 Å². The number of benzene rings is 1. The molecule has 0 aliphatic carbocycles. The van der Waals surface area contributed by atoms with E-state index in [-0.39, 0.29) is 35.8 Å². The Morgan fingerprint density at radius 3 is 2.43 bits per heavy atom. The van der Waals surface area contributed by atoms with Crippen LogP contribution in [0.2, 0.25) is 0 Å². The fourth-order valence-electron chi connectivity index (χ4n) is 2.64. The third-order valence-electron chi connectivity index (χ3n) is 3.67. The van der Waals surface area contributed by atoms with Crippen LogP contribution in [-0.4, -0.2) is 58.1 Å². The Kier molecular flexibility index (Phi) is 5.28. The van der Waals surface area contributed by atoms with Crippen molar-refractivity contribution in [3.05, 3.63) is 23.8 Å². The molecule has 1 heterocycles. The fourth-order valence-corrected chi connectivity index (χ4v) is 4.25. The van der Waals surface area contributed by atoms with Crippen LogP contribution >= 0.6 is 0 Å². The number of hydrogen-bond donors (Lipinski definition) is 1. The van der Waals surface area contributed by atoms with E-state index in [1.54, 1.807) is 0 Å². The number of sulfonamides is 1. The van der Waals surface area contributed by atoms with Gasteiger partial charge < -0.3 is 14.8 Å². The van der Waals surface area contributed by atoms with Crippen molar-refractivity contribution in [1.29, 1.82) is 0 Å². The second-order valence-electron chi connectivity index (χ2n) is 5.52. The fraction of sp³-hybridized carbons (Fsp3) is 0.533. The molecule has 0 saturated carbocycles. The van der Waals surface area contributed by atoms with Gasteiger partial charge in [-0.25, -0.2) is 8.42 Å². The van der Waals surface area contributed by atoms with Gasteiger partial charge in [-0.15, -0.1) is 0 Å². The molecule has 0 spiro atoms. The van der Waals surface area contributed by atoms with Crippen LogP contribution in [0.5, 0.6) is 5.75 Å². The molecular weight excluding hydrogens is 320 g/mol. The highest BCUT2D eigenvalue weighted by Crippen LogP contribution is 2.26. The first-order valence-corrected chi connectivity index (χ1v) is 8.79.